The van der Waals surface area contributed by atoms with Crippen LogP contribution in [0.3, 0.4) is 0 Å². The van der Waals surface area contributed by atoms with Crippen LogP contribution < -0.4 is 5.73 Å². The van der Waals surface area contributed by atoms with Crippen LogP contribution in [0.25, 0.3) is 0 Å². The molecule has 3 nitrogen and oxygen atoms in total. The lowest BCUT2D eigenvalue weighted by Crippen LogP contribution is -2.16. The van der Waals surface area contributed by atoms with Gasteiger partial charge in [-0.15, -0.1) is 0 Å². The van der Waals surface area contributed by atoms with Crippen molar-refractivity contribution in [2.24, 2.45) is 5.73 Å². The number of hydrogen-bond acceptors (Lipinski definition) is 3. The summed E-state index contributed by atoms with van der Waals surface area (Å²) in [6, 6.07) is 5.25. The van der Waals surface area contributed by atoms with Crippen LogP contribution in [-0.2, 0) is 11.3 Å². The molecule has 1 atom stereocenters. The van der Waals surface area contributed by atoms with E-state index < -0.39 is 6.10 Å². The molecule has 0 radical (unpaired) electrons. The number of hydrogen-bond donors (Lipinski definition) is 2. The average molecular weight is 278 g/mol. The van der Waals surface area contributed by atoms with E-state index in [1.165, 1.54) is 0 Å². The third kappa shape index (κ3) is 5.70. The number of halogens is 2. The number of benzene rings is 1. The molecule has 0 aliphatic carbocycles. The van der Waals surface area contributed by atoms with Gasteiger partial charge in [-0.3, -0.25) is 0 Å². The molecule has 0 spiro atoms. The van der Waals surface area contributed by atoms with Crippen LogP contribution in [0, 0.1) is 0 Å². The first kappa shape index (κ1) is 14.7. The molecule has 0 aliphatic heterocycles. The summed E-state index contributed by atoms with van der Waals surface area (Å²) in [6.07, 6.45) is 0.987. The van der Waals surface area contributed by atoms with E-state index in [0.717, 1.165) is 12.0 Å². The molecule has 17 heavy (non-hydrogen) atoms. The summed E-state index contributed by atoms with van der Waals surface area (Å²) in [7, 11) is 0. The predicted molar refractivity (Wildman–Crippen MR) is 70.4 cm³/mol. The molecule has 1 rings (SSSR count). The maximum absolute atomic E-state index is 9.54. The Labute approximate surface area is 111 Å². The number of rotatable bonds is 7. The van der Waals surface area contributed by atoms with Crippen molar-refractivity contribution in [2.75, 3.05) is 13.2 Å². The number of ether oxygens (including phenoxy) is 1. The first-order chi connectivity index (χ1) is 8.13. The lowest BCUT2D eigenvalue weighted by molar-refractivity contribution is 0.0240. The van der Waals surface area contributed by atoms with Gasteiger partial charge in [0.15, 0.2) is 0 Å². The van der Waals surface area contributed by atoms with Crippen LogP contribution >= 0.6 is 23.2 Å². The fourth-order valence-electron chi connectivity index (χ4n) is 1.38. The molecule has 3 N–H and O–H groups in total. The Morgan fingerprint density at radius 1 is 1.35 bits per heavy atom. The molecule has 5 heteroatoms. The summed E-state index contributed by atoms with van der Waals surface area (Å²) in [5, 5.41) is 10.7. The summed E-state index contributed by atoms with van der Waals surface area (Å²) in [4.78, 5) is 0. The molecule has 0 bridgehead atoms. The van der Waals surface area contributed by atoms with Gasteiger partial charge >= 0.3 is 0 Å². The van der Waals surface area contributed by atoms with Gasteiger partial charge in [0.25, 0.3) is 0 Å². The summed E-state index contributed by atoms with van der Waals surface area (Å²) < 4.78 is 5.38. The summed E-state index contributed by atoms with van der Waals surface area (Å²) in [6.45, 7) is 1.24. The fraction of sp³-hybridized carbons (Fsp3) is 0.500. The highest BCUT2D eigenvalue weighted by atomic mass is 35.5. The van der Waals surface area contributed by atoms with Gasteiger partial charge < -0.3 is 15.6 Å². The zero-order chi connectivity index (χ0) is 12.7. The van der Waals surface area contributed by atoms with Gasteiger partial charge in [-0.05, 0) is 37.1 Å². The van der Waals surface area contributed by atoms with Crippen molar-refractivity contribution in [3.8, 4) is 0 Å². The normalized spacial score (nSPS) is 12.7. The van der Waals surface area contributed by atoms with Gasteiger partial charge in [0, 0.05) is 10.0 Å². The molecular weight excluding hydrogens is 261 g/mol. The average Bonchev–Trinajstić information content (AvgIpc) is 2.29. The summed E-state index contributed by atoms with van der Waals surface area (Å²) >= 11 is 11.8. The van der Waals surface area contributed by atoms with Crippen LogP contribution in [0.4, 0.5) is 0 Å². The monoisotopic (exact) mass is 277 g/mol. The van der Waals surface area contributed by atoms with Gasteiger partial charge in [0.2, 0.25) is 0 Å². The van der Waals surface area contributed by atoms with Crippen LogP contribution in [0.2, 0.25) is 10.0 Å². The first-order valence-electron chi connectivity index (χ1n) is 5.53. The molecule has 1 unspecified atom stereocenters. The highest BCUT2D eigenvalue weighted by Gasteiger charge is 2.05. The third-order valence-corrected chi connectivity index (χ3v) is 2.91. The van der Waals surface area contributed by atoms with Crippen molar-refractivity contribution in [1.29, 1.82) is 0 Å². The lowest BCUT2D eigenvalue weighted by atomic mass is 10.2. The van der Waals surface area contributed by atoms with Gasteiger partial charge in [-0.25, -0.2) is 0 Å². The number of nitrogens with two attached hydrogens (primary N) is 1. The molecule has 96 valence electrons. The zero-order valence-electron chi connectivity index (χ0n) is 9.53. The molecule has 0 aromatic heterocycles. The largest absolute Gasteiger partial charge is 0.391 e. The van der Waals surface area contributed by atoms with E-state index >= 15 is 0 Å². The minimum atomic E-state index is -0.468. The fourth-order valence-corrected chi connectivity index (χ4v) is 1.84. The van der Waals surface area contributed by atoms with E-state index in [1.54, 1.807) is 12.1 Å². The Morgan fingerprint density at radius 2 is 2.12 bits per heavy atom. The van der Waals surface area contributed by atoms with Crippen molar-refractivity contribution >= 4 is 23.2 Å². The Bertz CT molecular complexity index is 347. The van der Waals surface area contributed by atoms with E-state index in [1.807, 2.05) is 6.07 Å². The van der Waals surface area contributed by atoms with Crippen molar-refractivity contribution in [3.63, 3.8) is 0 Å². The van der Waals surface area contributed by atoms with Crippen molar-refractivity contribution < 1.29 is 9.84 Å². The Balaban J connectivity index is 2.30. The van der Waals surface area contributed by atoms with Crippen molar-refractivity contribution in [1.82, 2.24) is 0 Å². The maximum Gasteiger partial charge on any atom is 0.0774 e. The van der Waals surface area contributed by atoms with E-state index in [-0.39, 0.29) is 0 Å². The summed E-state index contributed by atoms with van der Waals surface area (Å²) in [5.41, 5.74) is 6.21. The molecule has 0 amide bonds. The number of aliphatic hydroxyl groups excluding tert-OH is 1. The lowest BCUT2D eigenvalue weighted by Gasteiger charge is -2.11. The molecule has 0 fully saturated rings. The second kappa shape index (κ2) is 7.90. The van der Waals surface area contributed by atoms with Crippen LogP contribution in [0.1, 0.15) is 18.4 Å². The van der Waals surface area contributed by atoms with Gasteiger partial charge in [-0.2, -0.15) is 0 Å². The minimum Gasteiger partial charge on any atom is -0.391 e. The van der Waals surface area contributed by atoms with E-state index in [0.29, 0.717) is 36.2 Å². The Hall–Kier alpha value is -0.320. The molecule has 0 heterocycles. The van der Waals surface area contributed by atoms with E-state index in [9.17, 15) is 5.11 Å². The van der Waals surface area contributed by atoms with Gasteiger partial charge in [0.1, 0.15) is 0 Å². The SMILES string of the molecule is NCCCC(O)COCc1ccc(Cl)cc1Cl. The maximum atomic E-state index is 9.54. The Morgan fingerprint density at radius 3 is 2.76 bits per heavy atom. The predicted octanol–water partition coefficient (Wildman–Crippen LogP) is 2.61. The highest BCUT2D eigenvalue weighted by Crippen LogP contribution is 2.21. The number of aliphatic hydroxyl groups is 1. The summed E-state index contributed by atoms with van der Waals surface area (Å²) in [5.74, 6) is 0. The van der Waals surface area contributed by atoms with E-state index in [2.05, 4.69) is 0 Å². The minimum absolute atomic E-state index is 0.291. The van der Waals surface area contributed by atoms with Gasteiger partial charge in [-0.1, -0.05) is 29.3 Å². The highest BCUT2D eigenvalue weighted by molar-refractivity contribution is 6.35. The molecule has 0 saturated carbocycles. The van der Waals surface area contributed by atoms with Crippen LogP contribution in [0.5, 0.6) is 0 Å². The van der Waals surface area contributed by atoms with Gasteiger partial charge in [0.05, 0.1) is 19.3 Å². The second-order valence-corrected chi connectivity index (χ2v) is 4.68. The molecular formula is C12H17Cl2NO2. The van der Waals surface area contributed by atoms with Crippen LogP contribution in [-0.4, -0.2) is 24.4 Å². The molecule has 0 aliphatic rings. The smallest absolute Gasteiger partial charge is 0.0774 e. The Kier molecular flexibility index (Phi) is 6.85. The topological polar surface area (TPSA) is 55.5 Å². The quantitative estimate of drug-likeness (QED) is 0.806. The molecule has 0 saturated heterocycles. The third-order valence-electron chi connectivity index (χ3n) is 2.32. The van der Waals surface area contributed by atoms with Crippen molar-refractivity contribution in [2.45, 2.75) is 25.6 Å². The van der Waals surface area contributed by atoms with Crippen LogP contribution in [0.15, 0.2) is 18.2 Å². The zero-order valence-corrected chi connectivity index (χ0v) is 11.0. The van der Waals surface area contributed by atoms with E-state index in [4.69, 9.17) is 33.7 Å². The molecule has 1 aromatic carbocycles. The first-order valence-corrected chi connectivity index (χ1v) is 6.29. The standard InChI is InChI=1S/C12H17Cl2NO2/c13-10-4-3-9(12(14)6-10)7-17-8-11(16)2-1-5-15/h3-4,6,11,16H,1-2,5,7-8,15H2. The van der Waals surface area contributed by atoms with Crippen molar-refractivity contribution in [3.05, 3.63) is 33.8 Å². The molecule has 1 aromatic rings. The second-order valence-electron chi connectivity index (χ2n) is 3.84.